The van der Waals surface area contributed by atoms with Gasteiger partial charge in [0.15, 0.2) is 0 Å². The van der Waals surface area contributed by atoms with E-state index in [1.165, 1.54) is 0 Å². The fraction of sp³-hybridized carbons (Fsp3) is 0.0833. The van der Waals surface area contributed by atoms with Crippen molar-refractivity contribution in [1.29, 1.82) is 0 Å². The highest BCUT2D eigenvalue weighted by Crippen LogP contribution is 2.18. The third-order valence-corrected chi connectivity index (χ3v) is 2.92. The number of benzene rings is 1. The van der Waals surface area contributed by atoms with Crippen molar-refractivity contribution in [3.8, 4) is 0 Å². The monoisotopic (exact) mass is 251 g/mol. The number of rotatable bonds is 1. The molecular formula is C12H10ClNOS. The maximum Gasteiger partial charge on any atom is 0.258 e. The second-order valence-electron chi connectivity index (χ2n) is 3.38. The largest absolute Gasteiger partial charge is 0.299 e. The fourth-order valence-electron chi connectivity index (χ4n) is 1.44. The zero-order valence-corrected chi connectivity index (χ0v) is 10.1. The van der Waals surface area contributed by atoms with Gasteiger partial charge in [0.2, 0.25) is 0 Å². The van der Waals surface area contributed by atoms with E-state index < -0.39 is 0 Å². The summed E-state index contributed by atoms with van der Waals surface area (Å²) in [7, 11) is 0. The molecule has 0 saturated carbocycles. The summed E-state index contributed by atoms with van der Waals surface area (Å²) in [5.41, 5.74) is 0.611. The van der Waals surface area contributed by atoms with E-state index in [0.717, 1.165) is 0 Å². The van der Waals surface area contributed by atoms with E-state index in [2.05, 4.69) is 12.6 Å². The number of carbonyl (C=O) groups is 1. The first kappa shape index (κ1) is 11.3. The number of nitrogens with zero attached hydrogens (tertiary/aromatic N) is 1. The summed E-state index contributed by atoms with van der Waals surface area (Å²) in [5, 5.41) is 1.28. The Labute approximate surface area is 105 Å². The molecule has 1 heterocycles. The summed E-state index contributed by atoms with van der Waals surface area (Å²) in [5.74, 6) is -0.0673. The summed E-state index contributed by atoms with van der Waals surface area (Å²) in [4.78, 5) is 13.7. The van der Waals surface area contributed by atoms with Crippen LogP contribution in [0.3, 0.4) is 0 Å². The number of amides is 1. The third-order valence-electron chi connectivity index (χ3n) is 2.28. The number of carbonyl (C=O) groups excluding carboxylic acids is 1. The summed E-state index contributed by atoms with van der Waals surface area (Å²) in [6.07, 6.45) is 5.59. The van der Waals surface area contributed by atoms with Crippen LogP contribution >= 0.6 is 24.2 Å². The molecule has 16 heavy (non-hydrogen) atoms. The molecule has 0 aromatic heterocycles. The van der Waals surface area contributed by atoms with Gasteiger partial charge in [0.25, 0.3) is 5.91 Å². The van der Waals surface area contributed by atoms with E-state index in [4.69, 9.17) is 11.6 Å². The van der Waals surface area contributed by atoms with Crippen molar-refractivity contribution in [3.05, 3.63) is 58.1 Å². The van der Waals surface area contributed by atoms with Crippen LogP contribution in [0.25, 0.3) is 0 Å². The molecule has 0 N–H and O–H groups in total. The lowest BCUT2D eigenvalue weighted by molar-refractivity contribution is 0.0829. The lowest BCUT2D eigenvalue weighted by atomic mass is 10.2. The second-order valence-corrected chi connectivity index (χ2v) is 4.27. The van der Waals surface area contributed by atoms with Crippen molar-refractivity contribution < 1.29 is 4.79 Å². The quantitative estimate of drug-likeness (QED) is 0.761. The van der Waals surface area contributed by atoms with Crippen molar-refractivity contribution in [2.24, 2.45) is 0 Å². The van der Waals surface area contributed by atoms with Crippen LogP contribution in [0, 0.1) is 0 Å². The molecule has 0 atom stereocenters. The van der Waals surface area contributed by atoms with Gasteiger partial charge in [-0.15, -0.1) is 12.6 Å². The highest BCUT2D eigenvalue weighted by Gasteiger charge is 2.17. The summed E-state index contributed by atoms with van der Waals surface area (Å²) in [6, 6.07) is 6.83. The van der Waals surface area contributed by atoms with Gasteiger partial charge in [0.05, 0.1) is 5.03 Å². The molecule has 2 rings (SSSR count). The molecule has 1 aliphatic heterocycles. The van der Waals surface area contributed by atoms with E-state index in [1.54, 1.807) is 35.2 Å². The van der Waals surface area contributed by atoms with Crippen LogP contribution in [0.4, 0.5) is 0 Å². The normalized spacial score (nSPS) is 14.9. The SMILES string of the molecule is O=C(c1ccc(Cl)cc1)N1CC=CC=C1S. The van der Waals surface area contributed by atoms with Crippen LogP contribution in [0.1, 0.15) is 10.4 Å². The third kappa shape index (κ3) is 2.31. The zero-order chi connectivity index (χ0) is 11.5. The van der Waals surface area contributed by atoms with Gasteiger partial charge in [-0.05, 0) is 30.3 Å². The molecule has 0 saturated heterocycles. The predicted octanol–water partition coefficient (Wildman–Crippen LogP) is 3.12. The molecule has 82 valence electrons. The van der Waals surface area contributed by atoms with Crippen molar-refractivity contribution in [1.82, 2.24) is 4.90 Å². The lowest BCUT2D eigenvalue weighted by Crippen LogP contribution is -2.29. The Bertz CT molecular complexity index is 464. The van der Waals surface area contributed by atoms with Crippen LogP contribution < -0.4 is 0 Å². The number of thiol groups is 1. The van der Waals surface area contributed by atoms with E-state index in [1.807, 2.05) is 12.2 Å². The van der Waals surface area contributed by atoms with E-state index in [0.29, 0.717) is 22.2 Å². The fourth-order valence-corrected chi connectivity index (χ4v) is 1.82. The molecule has 1 aromatic rings. The number of allylic oxidation sites excluding steroid dienone is 2. The van der Waals surface area contributed by atoms with Gasteiger partial charge < -0.3 is 0 Å². The molecule has 0 bridgehead atoms. The maximum absolute atomic E-state index is 12.1. The summed E-state index contributed by atoms with van der Waals surface area (Å²) in [6.45, 7) is 0.552. The first-order chi connectivity index (χ1) is 7.68. The second kappa shape index (κ2) is 4.76. The molecule has 4 heteroatoms. The molecule has 1 aliphatic rings. The Morgan fingerprint density at radius 3 is 2.62 bits per heavy atom. The molecule has 1 amide bonds. The van der Waals surface area contributed by atoms with Crippen molar-refractivity contribution in [2.45, 2.75) is 0 Å². The number of hydrogen-bond donors (Lipinski definition) is 1. The Morgan fingerprint density at radius 1 is 1.31 bits per heavy atom. The smallest absolute Gasteiger partial charge is 0.258 e. The van der Waals surface area contributed by atoms with E-state index >= 15 is 0 Å². The van der Waals surface area contributed by atoms with Crippen LogP contribution in [0.2, 0.25) is 5.02 Å². The maximum atomic E-state index is 12.1. The lowest BCUT2D eigenvalue weighted by Gasteiger charge is -2.23. The average Bonchev–Trinajstić information content (AvgIpc) is 2.30. The van der Waals surface area contributed by atoms with E-state index in [-0.39, 0.29) is 5.91 Å². The van der Waals surface area contributed by atoms with Gasteiger partial charge >= 0.3 is 0 Å². The summed E-state index contributed by atoms with van der Waals surface area (Å²) >= 11 is 10.0. The van der Waals surface area contributed by atoms with Crippen LogP contribution in [0.5, 0.6) is 0 Å². The molecule has 0 aliphatic carbocycles. The Morgan fingerprint density at radius 2 is 2.00 bits per heavy atom. The molecule has 2 nitrogen and oxygen atoms in total. The van der Waals surface area contributed by atoms with Crippen LogP contribution in [-0.2, 0) is 0 Å². The minimum atomic E-state index is -0.0673. The molecule has 0 fully saturated rings. The van der Waals surface area contributed by atoms with Gasteiger partial charge in [0.1, 0.15) is 0 Å². The molecule has 1 aromatic carbocycles. The number of halogens is 1. The first-order valence-electron chi connectivity index (χ1n) is 4.82. The Balaban J connectivity index is 2.23. The standard InChI is InChI=1S/C12H10ClNOS/c13-10-6-4-9(5-7-10)12(15)14-8-2-1-3-11(14)16/h1-7,16H,8H2. The topological polar surface area (TPSA) is 20.3 Å². The van der Waals surface area contributed by atoms with Crippen molar-refractivity contribution >= 4 is 30.1 Å². The van der Waals surface area contributed by atoms with Gasteiger partial charge in [0, 0.05) is 17.1 Å². The van der Waals surface area contributed by atoms with Crippen LogP contribution in [-0.4, -0.2) is 17.4 Å². The molecule has 0 unspecified atom stereocenters. The predicted molar refractivity (Wildman–Crippen MR) is 68.7 cm³/mol. The van der Waals surface area contributed by atoms with Gasteiger partial charge in [-0.1, -0.05) is 23.8 Å². The molecular weight excluding hydrogens is 242 g/mol. The van der Waals surface area contributed by atoms with Crippen molar-refractivity contribution in [2.75, 3.05) is 6.54 Å². The first-order valence-corrected chi connectivity index (χ1v) is 5.64. The highest BCUT2D eigenvalue weighted by atomic mass is 35.5. The minimum absolute atomic E-state index is 0.0673. The zero-order valence-electron chi connectivity index (χ0n) is 8.43. The van der Waals surface area contributed by atoms with Gasteiger partial charge in [-0.25, -0.2) is 0 Å². The Kier molecular flexibility index (Phi) is 3.36. The highest BCUT2D eigenvalue weighted by molar-refractivity contribution is 7.84. The average molecular weight is 252 g/mol. The molecule has 0 spiro atoms. The van der Waals surface area contributed by atoms with Gasteiger partial charge in [-0.2, -0.15) is 0 Å². The van der Waals surface area contributed by atoms with Crippen LogP contribution in [0.15, 0.2) is 47.5 Å². The van der Waals surface area contributed by atoms with Gasteiger partial charge in [-0.3, -0.25) is 9.69 Å². The number of hydrogen-bond acceptors (Lipinski definition) is 2. The molecule has 0 radical (unpaired) electrons. The van der Waals surface area contributed by atoms with Crippen molar-refractivity contribution in [3.63, 3.8) is 0 Å². The van der Waals surface area contributed by atoms with E-state index in [9.17, 15) is 4.79 Å². The Hall–Kier alpha value is -1.19. The minimum Gasteiger partial charge on any atom is -0.299 e. The summed E-state index contributed by atoms with van der Waals surface area (Å²) < 4.78 is 0.